The van der Waals surface area contributed by atoms with Gasteiger partial charge in [0.05, 0.1) is 22.1 Å². The van der Waals surface area contributed by atoms with Gasteiger partial charge < -0.3 is 9.47 Å². The number of aromatic nitrogens is 1. The first-order valence-electron chi connectivity index (χ1n) is 23.3. The van der Waals surface area contributed by atoms with Crippen LogP contribution in [0.25, 0.3) is 82.8 Å². The Labute approximate surface area is 389 Å². The minimum atomic E-state index is -0.438. The Kier molecular flexibility index (Phi) is 8.23. The van der Waals surface area contributed by atoms with Crippen molar-refractivity contribution in [1.29, 1.82) is 0 Å². The summed E-state index contributed by atoms with van der Waals surface area (Å²) in [5.41, 5.74) is 21.9. The van der Waals surface area contributed by atoms with Gasteiger partial charge in [-0.2, -0.15) is 0 Å². The second kappa shape index (κ2) is 14.7. The molecule has 1 aromatic heterocycles. The molecule has 1 heterocycles. The molecule has 0 aliphatic heterocycles. The van der Waals surface area contributed by atoms with Crippen LogP contribution in [0.1, 0.15) is 22.3 Å². The van der Waals surface area contributed by atoms with E-state index in [1.54, 1.807) is 0 Å². The van der Waals surface area contributed by atoms with Gasteiger partial charge in [-0.05, 0) is 133 Å². The van der Waals surface area contributed by atoms with Crippen molar-refractivity contribution in [2.75, 3.05) is 4.90 Å². The molecule has 2 heteroatoms. The SMILES string of the molecule is c1ccc(-n2c3ccccc3c3cc(-c4ccc(-c5cccc(N(c6ccc7c(c6)C6(c8ccccc8-c8ccccc86)c6ccccc6-7)c6cccc7ccccc67)c5)cc4)ccc32)cc1. The third-order valence-electron chi connectivity index (χ3n) is 14.6. The molecule has 2 aliphatic carbocycles. The number of nitrogens with zero attached hydrogens (tertiary/aromatic N) is 2. The smallest absolute Gasteiger partial charge is 0.0726 e. The van der Waals surface area contributed by atoms with Gasteiger partial charge >= 0.3 is 0 Å². The summed E-state index contributed by atoms with van der Waals surface area (Å²) in [6.45, 7) is 0. The highest BCUT2D eigenvalue weighted by Crippen LogP contribution is 2.63. The van der Waals surface area contributed by atoms with Crippen molar-refractivity contribution in [3.05, 3.63) is 277 Å². The summed E-state index contributed by atoms with van der Waals surface area (Å²) in [6, 6.07) is 94.3. The van der Waals surface area contributed by atoms with Crippen LogP contribution < -0.4 is 4.90 Å². The topological polar surface area (TPSA) is 8.17 Å². The Morgan fingerprint density at radius 1 is 0.299 bits per heavy atom. The monoisotopic (exact) mass is 850 g/mol. The maximum absolute atomic E-state index is 2.49. The minimum Gasteiger partial charge on any atom is -0.310 e. The fourth-order valence-corrected chi connectivity index (χ4v) is 11.7. The van der Waals surface area contributed by atoms with E-state index in [-0.39, 0.29) is 0 Å². The molecule has 2 aliphatic rings. The lowest BCUT2D eigenvalue weighted by Crippen LogP contribution is -2.26. The number of hydrogen-bond acceptors (Lipinski definition) is 1. The number of para-hydroxylation sites is 2. The summed E-state index contributed by atoms with van der Waals surface area (Å²) in [6.07, 6.45) is 0. The molecule has 0 amide bonds. The van der Waals surface area contributed by atoms with E-state index >= 15 is 0 Å². The Bertz CT molecular complexity index is 3860. The van der Waals surface area contributed by atoms with Crippen LogP contribution in [-0.2, 0) is 5.41 Å². The van der Waals surface area contributed by atoms with Crippen LogP contribution in [0.15, 0.2) is 255 Å². The van der Waals surface area contributed by atoms with Crippen LogP contribution in [0.5, 0.6) is 0 Å². The molecule has 0 saturated heterocycles. The predicted octanol–water partition coefficient (Wildman–Crippen LogP) is 17.1. The molecule has 12 aromatic rings. The second-order valence-electron chi connectivity index (χ2n) is 18.0. The first-order valence-corrected chi connectivity index (χ1v) is 23.3. The minimum absolute atomic E-state index is 0.438. The van der Waals surface area contributed by atoms with E-state index in [2.05, 4.69) is 264 Å². The Balaban J connectivity index is 0.901. The third kappa shape index (κ3) is 5.51. The molecule has 0 unspecified atom stereocenters. The molecule has 0 bridgehead atoms. The molecule has 0 N–H and O–H groups in total. The van der Waals surface area contributed by atoms with Crippen molar-refractivity contribution >= 4 is 49.6 Å². The summed E-state index contributed by atoms with van der Waals surface area (Å²) in [4.78, 5) is 2.48. The van der Waals surface area contributed by atoms with Gasteiger partial charge in [-0.15, -0.1) is 0 Å². The average Bonchev–Trinajstić information content (AvgIpc) is 4.01. The van der Waals surface area contributed by atoms with Crippen LogP contribution >= 0.6 is 0 Å². The molecule has 67 heavy (non-hydrogen) atoms. The fraction of sp³-hybridized carbons (Fsp3) is 0.0154. The Morgan fingerprint density at radius 2 is 0.821 bits per heavy atom. The van der Waals surface area contributed by atoms with Crippen molar-refractivity contribution in [2.45, 2.75) is 5.41 Å². The molecule has 0 radical (unpaired) electrons. The van der Waals surface area contributed by atoms with Gasteiger partial charge in [0.2, 0.25) is 0 Å². The van der Waals surface area contributed by atoms with E-state index in [1.807, 2.05) is 0 Å². The van der Waals surface area contributed by atoms with Crippen molar-refractivity contribution in [2.24, 2.45) is 0 Å². The molecule has 11 aromatic carbocycles. The van der Waals surface area contributed by atoms with Crippen molar-refractivity contribution in [1.82, 2.24) is 4.57 Å². The standard InChI is InChI=1S/C65H42N2/c1-2-19-48(20-3-1)67-63-30-13-9-26-56(63)57-41-47(36-39-64(57)67)44-34-32-43(33-35-44)46-18-14-21-49(40-46)66(62-31-15-17-45-16-4-5-22-51(45)62)50-37-38-55-54-25-8-12-29-60(54)65(61(55)42-50)58-27-10-6-23-52(58)53-24-7-11-28-59(53)65/h1-42H. The predicted molar refractivity (Wildman–Crippen MR) is 280 cm³/mol. The van der Waals surface area contributed by atoms with Gasteiger partial charge in [-0.3, -0.25) is 0 Å². The zero-order valence-electron chi connectivity index (χ0n) is 36.6. The van der Waals surface area contributed by atoms with E-state index in [9.17, 15) is 0 Å². The third-order valence-corrected chi connectivity index (χ3v) is 14.6. The zero-order valence-corrected chi connectivity index (χ0v) is 36.6. The summed E-state index contributed by atoms with van der Waals surface area (Å²) in [5, 5.41) is 4.93. The van der Waals surface area contributed by atoms with Crippen LogP contribution in [-0.4, -0.2) is 4.57 Å². The summed E-state index contributed by atoms with van der Waals surface area (Å²) < 4.78 is 2.37. The maximum Gasteiger partial charge on any atom is 0.0726 e. The van der Waals surface area contributed by atoms with Gasteiger partial charge in [0, 0.05) is 33.2 Å². The van der Waals surface area contributed by atoms with Gasteiger partial charge in [0.1, 0.15) is 0 Å². The van der Waals surface area contributed by atoms with Gasteiger partial charge in [0.15, 0.2) is 0 Å². The van der Waals surface area contributed by atoms with Gasteiger partial charge in [-0.25, -0.2) is 0 Å². The van der Waals surface area contributed by atoms with Crippen molar-refractivity contribution < 1.29 is 0 Å². The number of rotatable bonds is 6. The summed E-state index contributed by atoms with van der Waals surface area (Å²) in [7, 11) is 0. The largest absolute Gasteiger partial charge is 0.310 e. The first kappa shape index (κ1) is 37.6. The second-order valence-corrected chi connectivity index (χ2v) is 18.0. The quantitative estimate of drug-likeness (QED) is 0.162. The molecular formula is C65H42N2. The van der Waals surface area contributed by atoms with E-state index in [1.165, 1.54) is 105 Å². The highest BCUT2D eigenvalue weighted by atomic mass is 15.1. The summed E-state index contributed by atoms with van der Waals surface area (Å²) >= 11 is 0. The maximum atomic E-state index is 2.49. The molecule has 312 valence electrons. The highest BCUT2D eigenvalue weighted by Gasteiger charge is 2.51. The zero-order chi connectivity index (χ0) is 44.1. The van der Waals surface area contributed by atoms with E-state index < -0.39 is 5.41 Å². The lowest BCUT2D eigenvalue weighted by molar-refractivity contribution is 0.793. The number of benzene rings is 11. The van der Waals surface area contributed by atoms with Crippen LogP contribution in [0.2, 0.25) is 0 Å². The number of hydrogen-bond donors (Lipinski definition) is 0. The van der Waals surface area contributed by atoms with Crippen LogP contribution in [0.4, 0.5) is 17.1 Å². The van der Waals surface area contributed by atoms with Crippen molar-refractivity contribution in [3.8, 4) is 50.2 Å². The van der Waals surface area contributed by atoms with E-state index in [0.29, 0.717) is 0 Å². The molecule has 1 spiro atoms. The van der Waals surface area contributed by atoms with Crippen molar-refractivity contribution in [3.63, 3.8) is 0 Å². The van der Waals surface area contributed by atoms with Crippen LogP contribution in [0.3, 0.4) is 0 Å². The van der Waals surface area contributed by atoms with E-state index in [0.717, 1.165) is 17.1 Å². The first-order chi connectivity index (χ1) is 33.2. The molecular weight excluding hydrogens is 809 g/mol. The molecule has 0 saturated carbocycles. The normalized spacial score (nSPS) is 12.9. The van der Waals surface area contributed by atoms with Gasteiger partial charge in [0.25, 0.3) is 0 Å². The Morgan fingerprint density at radius 3 is 1.54 bits per heavy atom. The summed E-state index contributed by atoms with van der Waals surface area (Å²) in [5.74, 6) is 0. The fourth-order valence-electron chi connectivity index (χ4n) is 11.7. The Hall–Kier alpha value is -8.72. The average molecular weight is 851 g/mol. The molecule has 14 rings (SSSR count). The molecule has 0 atom stereocenters. The number of fused-ring (bicyclic) bond motifs is 14. The molecule has 0 fully saturated rings. The molecule has 2 nitrogen and oxygen atoms in total. The van der Waals surface area contributed by atoms with Crippen LogP contribution in [0, 0.1) is 0 Å². The van der Waals surface area contributed by atoms with Gasteiger partial charge in [-0.1, -0.05) is 194 Å². The highest BCUT2D eigenvalue weighted by molar-refractivity contribution is 6.10. The number of anilines is 3. The lowest BCUT2D eigenvalue weighted by Gasteiger charge is -2.32. The van der Waals surface area contributed by atoms with E-state index in [4.69, 9.17) is 0 Å². The lowest BCUT2D eigenvalue weighted by atomic mass is 9.70.